The zero-order valence-corrected chi connectivity index (χ0v) is 27.7. The van der Waals surface area contributed by atoms with Crippen molar-refractivity contribution in [2.24, 2.45) is 0 Å². The molecule has 11 aromatic rings. The van der Waals surface area contributed by atoms with Crippen LogP contribution in [0.3, 0.4) is 0 Å². The van der Waals surface area contributed by atoms with Gasteiger partial charge in [0.25, 0.3) is 0 Å². The summed E-state index contributed by atoms with van der Waals surface area (Å²) in [6.07, 6.45) is 0. The molecule has 0 fully saturated rings. The SMILES string of the molecule is c1ccc(-c2nc3ccccc3c3c2ccc2c3c3ccccc3n2-c2cccc(-c3ccc4c5ccccc5c5ccccc5c4c3)c2)cc1. The molecule has 2 nitrogen and oxygen atoms in total. The first-order chi connectivity index (χ1) is 25.3. The Balaban J connectivity index is 1.17. The van der Waals surface area contributed by atoms with E-state index >= 15 is 0 Å². The van der Waals surface area contributed by atoms with Gasteiger partial charge in [-0.3, -0.25) is 0 Å². The molecule has 9 aromatic carbocycles. The lowest BCUT2D eigenvalue weighted by molar-refractivity contribution is 1.18. The number of hydrogen-bond acceptors (Lipinski definition) is 1. The Labute approximate surface area is 294 Å². The molecule has 0 amide bonds. The minimum Gasteiger partial charge on any atom is -0.309 e. The first kappa shape index (κ1) is 28.1. The van der Waals surface area contributed by atoms with E-state index < -0.39 is 0 Å². The van der Waals surface area contributed by atoms with Gasteiger partial charge in [0.2, 0.25) is 0 Å². The first-order valence-electron chi connectivity index (χ1n) is 17.6. The second kappa shape index (κ2) is 10.9. The van der Waals surface area contributed by atoms with E-state index in [-0.39, 0.29) is 0 Å². The van der Waals surface area contributed by atoms with Crippen molar-refractivity contribution < 1.29 is 0 Å². The molecule has 0 atom stereocenters. The molecular weight excluding hydrogens is 617 g/mol. The average Bonchev–Trinajstić information content (AvgIpc) is 3.55. The van der Waals surface area contributed by atoms with Crippen LogP contribution in [-0.4, -0.2) is 9.55 Å². The number of nitrogens with zero attached hydrogens (tertiary/aromatic N) is 2. The van der Waals surface area contributed by atoms with E-state index in [0.29, 0.717) is 0 Å². The molecule has 11 rings (SSSR count). The van der Waals surface area contributed by atoms with Crippen LogP contribution in [0.2, 0.25) is 0 Å². The maximum atomic E-state index is 5.22. The van der Waals surface area contributed by atoms with E-state index in [9.17, 15) is 0 Å². The van der Waals surface area contributed by atoms with Crippen molar-refractivity contribution >= 4 is 75.8 Å². The van der Waals surface area contributed by atoms with Crippen LogP contribution in [0, 0.1) is 0 Å². The maximum Gasteiger partial charge on any atom is 0.0788 e. The lowest BCUT2D eigenvalue weighted by atomic mass is 9.92. The highest BCUT2D eigenvalue weighted by Crippen LogP contribution is 2.43. The van der Waals surface area contributed by atoms with Gasteiger partial charge in [-0.2, -0.15) is 0 Å². The Morgan fingerprint density at radius 1 is 0.314 bits per heavy atom. The molecule has 0 unspecified atom stereocenters. The normalized spacial score (nSPS) is 11.9. The van der Waals surface area contributed by atoms with Gasteiger partial charge in [0.05, 0.1) is 22.2 Å². The highest BCUT2D eigenvalue weighted by atomic mass is 15.0. The molecule has 2 aromatic heterocycles. The summed E-state index contributed by atoms with van der Waals surface area (Å²) in [4.78, 5) is 5.22. The summed E-state index contributed by atoms with van der Waals surface area (Å²) >= 11 is 0. The Kier molecular flexibility index (Phi) is 5.99. The molecule has 0 bridgehead atoms. The van der Waals surface area contributed by atoms with Gasteiger partial charge < -0.3 is 4.57 Å². The fourth-order valence-corrected chi connectivity index (χ4v) is 8.51. The largest absolute Gasteiger partial charge is 0.309 e. The molecule has 2 heterocycles. The summed E-state index contributed by atoms with van der Waals surface area (Å²) < 4.78 is 2.44. The van der Waals surface area contributed by atoms with Crippen LogP contribution in [0.5, 0.6) is 0 Å². The van der Waals surface area contributed by atoms with Gasteiger partial charge in [0.15, 0.2) is 0 Å². The van der Waals surface area contributed by atoms with Crippen molar-refractivity contribution in [2.45, 2.75) is 0 Å². The van der Waals surface area contributed by atoms with E-state index in [1.165, 1.54) is 81.4 Å². The number of benzene rings is 9. The lowest BCUT2D eigenvalue weighted by Crippen LogP contribution is -1.95. The van der Waals surface area contributed by atoms with Crippen LogP contribution < -0.4 is 0 Å². The number of aromatic nitrogens is 2. The van der Waals surface area contributed by atoms with Gasteiger partial charge in [-0.1, -0.05) is 146 Å². The predicted molar refractivity (Wildman–Crippen MR) is 217 cm³/mol. The van der Waals surface area contributed by atoms with Crippen molar-refractivity contribution in [1.29, 1.82) is 0 Å². The van der Waals surface area contributed by atoms with E-state index in [1.807, 2.05) is 0 Å². The number of hydrogen-bond donors (Lipinski definition) is 0. The number of rotatable bonds is 3. The zero-order chi connectivity index (χ0) is 33.5. The van der Waals surface area contributed by atoms with E-state index in [2.05, 4.69) is 187 Å². The molecule has 0 spiro atoms. The van der Waals surface area contributed by atoms with Crippen LogP contribution in [-0.2, 0) is 0 Å². The van der Waals surface area contributed by atoms with Gasteiger partial charge in [0, 0.05) is 38.2 Å². The first-order valence-corrected chi connectivity index (χ1v) is 17.6. The molecule has 0 N–H and O–H groups in total. The predicted octanol–water partition coefficient (Wildman–Crippen LogP) is 13.3. The number of fused-ring (bicyclic) bond motifs is 13. The van der Waals surface area contributed by atoms with Crippen molar-refractivity contribution in [2.75, 3.05) is 0 Å². The monoisotopic (exact) mass is 646 g/mol. The number of pyridine rings is 1. The lowest BCUT2D eigenvalue weighted by Gasteiger charge is -2.14. The van der Waals surface area contributed by atoms with Gasteiger partial charge in [-0.05, 0) is 79.8 Å². The van der Waals surface area contributed by atoms with E-state index in [1.54, 1.807) is 0 Å². The van der Waals surface area contributed by atoms with Crippen molar-refractivity contribution in [3.05, 3.63) is 182 Å². The van der Waals surface area contributed by atoms with Gasteiger partial charge in [0.1, 0.15) is 0 Å². The van der Waals surface area contributed by atoms with Gasteiger partial charge >= 0.3 is 0 Å². The Hall–Kier alpha value is -6.77. The third-order valence-corrected chi connectivity index (χ3v) is 10.7. The molecule has 0 radical (unpaired) electrons. The summed E-state index contributed by atoms with van der Waals surface area (Å²) in [6.45, 7) is 0. The Morgan fingerprint density at radius 3 is 1.65 bits per heavy atom. The Bertz CT molecular complexity index is 3150. The molecule has 51 heavy (non-hydrogen) atoms. The van der Waals surface area contributed by atoms with Crippen LogP contribution in [0.15, 0.2) is 182 Å². The third kappa shape index (κ3) is 4.14. The van der Waals surface area contributed by atoms with Crippen LogP contribution >= 0.6 is 0 Å². The summed E-state index contributed by atoms with van der Waals surface area (Å²) in [7, 11) is 0. The zero-order valence-electron chi connectivity index (χ0n) is 27.7. The second-order valence-corrected chi connectivity index (χ2v) is 13.5. The molecule has 0 aliphatic heterocycles. The van der Waals surface area contributed by atoms with Crippen LogP contribution in [0.4, 0.5) is 0 Å². The minimum absolute atomic E-state index is 1.01. The highest BCUT2D eigenvalue weighted by molar-refractivity contribution is 6.30. The summed E-state index contributed by atoms with van der Waals surface area (Å²) in [5, 5.41) is 13.8. The van der Waals surface area contributed by atoms with Crippen LogP contribution in [0.1, 0.15) is 0 Å². The average molecular weight is 647 g/mol. The van der Waals surface area contributed by atoms with Crippen LogP contribution in [0.25, 0.3) is 104 Å². The second-order valence-electron chi connectivity index (χ2n) is 13.5. The number of para-hydroxylation sites is 2. The highest BCUT2D eigenvalue weighted by Gasteiger charge is 2.19. The fourth-order valence-electron chi connectivity index (χ4n) is 8.51. The maximum absolute atomic E-state index is 5.22. The summed E-state index contributed by atoms with van der Waals surface area (Å²) in [6, 6.07) is 66.1. The Morgan fingerprint density at radius 2 is 0.882 bits per heavy atom. The standard InChI is InChI=1S/C49H30N2/c1-2-13-31(14-3-1)49-42-27-28-46-48(47(42)40-21-8-10-23-44(40)50-49)41-22-9-11-24-45(41)51(46)34-16-12-15-32(29-34)33-25-26-39-37-19-5-4-17-35(37)36-18-6-7-20-38(36)43(39)30-33/h1-30H. The quantitative estimate of drug-likeness (QED) is 0.175. The van der Waals surface area contributed by atoms with Crippen molar-refractivity contribution in [3.8, 4) is 28.1 Å². The third-order valence-electron chi connectivity index (χ3n) is 10.7. The molecule has 0 saturated heterocycles. The van der Waals surface area contributed by atoms with Gasteiger partial charge in [-0.25, -0.2) is 4.98 Å². The molecule has 2 heteroatoms. The molecule has 0 aliphatic rings. The summed E-state index contributed by atoms with van der Waals surface area (Å²) in [5.41, 5.74) is 9.07. The smallest absolute Gasteiger partial charge is 0.0788 e. The van der Waals surface area contributed by atoms with Crippen molar-refractivity contribution in [3.63, 3.8) is 0 Å². The van der Waals surface area contributed by atoms with E-state index in [0.717, 1.165) is 22.5 Å². The molecule has 0 aliphatic carbocycles. The van der Waals surface area contributed by atoms with E-state index in [4.69, 9.17) is 4.98 Å². The summed E-state index contributed by atoms with van der Waals surface area (Å²) in [5.74, 6) is 0. The van der Waals surface area contributed by atoms with Gasteiger partial charge in [-0.15, -0.1) is 0 Å². The molecule has 236 valence electrons. The van der Waals surface area contributed by atoms with Crippen molar-refractivity contribution in [1.82, 2.24) is 9.55 Å². The topological polar surface area (TPSA) is 17.8 Å². The fraction of sp³-hybridized carbons (Fsp3) is 0. The minimum atomic E-state index is 1.01. The molecule has 0 saturated carbocycles. The molecular formula is C49H30N2.